The van der Waals surface area contributed by atoms with Gasteiger partial charge in [-0.1, -0.05) is 53.5 Å². The van der Waals surface area contributed by atoms with Crippen LogP contribution in [0.3, 0.4) is 0 Å². The lowest BCUT2D eigenvalue weighted by Gasteiger charge is -2.13. The molecule has 156 valence electrons. The molecule has 1 heterocycles. The van der Waals surface area contributed by atoms with Gasteiger partial charge in [0.2, 0.25) is 0 Å². The first kappa shape index (κ1) is 21.1. The summed E-state index contributed by atoms with van der Waals surface area (Å²) in [4.78, 5) is 8.22. The maximum absolute atomic E-state index is 12.9. The monoisotopic (exact) mass is 470 g/mol. The van der Waals surface area contributed by atoms with Crippen LogP contribution in [0, 0.1) is 0 Å². The van der Waals surface area contributed by atoms with E-state index in [0.717, 1.165) is 0 Å². The summed E-state index contributed by atoms with van der Waals surface area (Å²) < 4.78 is 28.3. The number of aromatic nitrogens is 1. The number of anilines is 1. The average molecular weight is 471 g/mol. The lowest BCUT2D eigenvalue weighted by molar-refractivity contribution is -0.212. The highest BCUT2D eigenvalue weighted by molar-refractivity contribution is 7.93. The second-order valence-electron chi connectivity index (χ2n) is 6.53. The second kappa shape index (κ2) is 8.55. The number of para-hydroxylation sites is 1. The first-order chi connectivity index (χ1) is 14.8. The molecule has 0 fully saturated rings. The molecule has 0 atom stereocenters. The molecule has 0 aliphatic heterocycles. The standard InChI is InChI=1S/C22H15Cl2N3O3S/c23-16-8-11-18(24)19(13-16)26-22(28)15-6-9-17(10-7-15)27-31(29,30)20-5-1-3-14-4-2-12-25-21(14)20/h1-13,27H,(H,26,28)/p-1. The number of benzene rings is 3. The van der Waals surface area contributed by atoms with Gasteiger partial charge in [0.1, 0.15) is 4.90 Å². The highest BCUT2D eigenvalue weighted by atomic mass is 35.5. The molecule has 31 heavy (non-hydrogen) atoms. The number of aliphatic imine (C=N–C) groups is 1. The number of rotatable bonds is 5. The van der Waals surface area contributed by atoms with E-state index in [-0.39, 0.29) is 16.1 Å². The zero-order valence-electron chi connectivity index (χ0n) is 15.8. The Morgan fingerprint density at radius 3 is 2.48 bits per heavy atom. The first-order valence-electron chi connectivity index (χ1n) is 9.01. The normalized spacial score (nSPS) is 12.1. The molecule has 1 N–H and O–H groups in total. The summed E-state index contributed by atoms with van der Waals surface area (Å²) in [7, 11) is -3.88. The van der Waals surface area contributed by atoms with Crippen LogP contribution in [-0.4, -0.2) is 19.3 Å². The highest BCUT2D eigenvalue weighted by Gasteiger charge is 2.18. The molecular weight excluding hydrogens is 457 g/mol. The summed E-state index contributed by atoms with van der Waals surface area (Å²) in [5, 5.41) is 13.8. The van der Waals surface area contributed by atoms with Crippen molar-refractivity contribution in [2.24, 2.45) is 4.99 Å². The van der Waals surface area contributed by atoms with Crippen LogP contribution >= 0.6 is 23.2 Å². The molecule has 4 aromatic rings. The third-order valence-corrected chi connectivity index (χ3v) is 6.37. The molecule has 0 saturated heterocycles. The fourth-order valence-corrected chi connectivity index (χ4v) is 4.49. The number of halogens is 2. The van der Waals surface area contributed by atoms with Crippen molar-refractivity contribution in [3.63, 3.8) is 0 Å². The summed E-state index contributed by atoms with van der Waals surface area (Å²) in [5.41, 5.74) is 1.20. The Balaban J connectivity index is 1.59. The minimum Gasteiger partial charge on any atom is -0.858 e. The third kappa shape index (κ3) is 4.64. The summed E-state index contributed by atoms with van der Waals surface area (Å²) >= 11 is 12.0. The minimum atomic E-state index is -3.88. The number of pyridine rings is 1. The van der Waals surface area contributed by atoms with Crippen molar-refractivity contribution in [1.29, 1.82) is 0 Å². The van der Waals surface area contributed by atoms with Crippen LogP contribution < -0.4 is 9.83 Å². The van der Waals surface area contributed by atoms with Gasteiger partial charge in [-0.3, -0.25) is 14.7 Å². The van der Waals surface area contributed by atoms with Crippen molar-refractivity contribution in [2.45, 2.75) is 4.90 Å². The molecule has 0 aliphatic rings. The van der Waals surface area contributed by atoms with Gasteiger partial charge >= 0.3 is 0 Å². The fraction of sp³-hybridized carbons (Fsp3) is 0. The highest BCUT2D eigenvalue weighted by Crippen LogP contribution is 2.28. The summed E-state index contributed by atoms with van der Waals surface area (Å²) in [6, 6.07) is 19.0. The van der Waals surface area contributed by atoms with Crippen LogP contribution in [0.5, 0.6) is 0 Å². The molecule has 0 radical (unpaired) electrons. The Hall–Kier alpha value is -3.13. The number of nitrogens with zero attached hydrogens (tertiary/aromatic N) is 2. The largest absolute Gasteiger partial charge is 0.858 e. The van der Waals surface area contributed by atoms with E-state index in [1.807, 2.05) is 0 Å². The molecule has 0 saturated carbocycles. The molecule has 4 rings (SSSR count). The van der Waals surface area contributed by atoms with Gasteiger partial charge in [0.25, 0.3) is 10.0 Å². The van der Waals surface area contributed by atoms with Crippen molar-refractivity contribution in [1.82, 2.24) is 4.98 Å². The van der Waals surface area contributed by atoms with Gasteiger partial charge in [0.15, 0.2) is 0 Å². The lowest BCUT2D eigenvalue weighted by Crippen LogP contribution is -2.18. The molecule has 0 aliphatic carbocycles. The lowest BCUT2D eigenvalue weighted by atomic mass is 10.2. The number of fused-ring (bicyclic) bond motifs is 1. The van der Waals surface area contributed by atoms with Crippen molar-refractivity contribution < 1.29 is 13.5 Å². The summed E-state index contributed by atoms with van der Waals surface area (Å²) in [6.07, 6.45) is 1.54. The number of nitrogens with one attached hydrogen (secondary N) is 1. The van der Waals surface area contributed by atoms with E-state index < -0.39 is 15.9 Å². The van der Waals surface area contributed by atoms with E-state index >= 15 is 0 Å². The van der Waals surface area contributed by atoms with Gasteiger partial charge in [0, 0.05) is 22.3 Å². The van der Waals surface area contributed by atoms with Gasteiger partial charge in [0.05, 0.1) is 16.2 Å². The molecule has 0 spiro atoms. The van der Waals surface area contributed by atoms with Crippen LogP contribution in [0.1, 0.15) is 5.56 Å². The van der Waals surface area contributed by atoms with Crippen molar-refractivity contribution in [2.75, 3.05) is 4.72 Å². The van der Waals surface area contributed by atoms with Gasteiger partial charge in [-0.15, -0.1) is 0 Å². The predicted molar refractivity (Wildman–Crippen MR) is 122 cm³/mol. The Bertz CT molecular complexity index is 1400. The van der Waals surface area contributed by atoms with Crippen molar-refractivity contribution >= 4 is 61.4 Å². The molecule has 0 bridgehead atoms. The van der Waals surface area contributed by atoms with Crippen LogP contribution in [0.4, 0.5) is 11.4 Å². The average Bonchev–Trinajstić information content (AvgIpc) is 2.76. The van der Waals surface area contributed by atoms with E-state index in [2.05, 4.69) is 14.7 Å². The minimum absolute atomic E-state index is 0.0661. The zero-order valence-corrected chi connectivity index (χ0v) is 18.1. The van der Waals surface area contributed by atoms with E-state index in [0.29, 0.717) is 26.6 Å². The van der Waals surface area contributed by atoms with Gasteiger partial charge < -0.3 is 5.11 Å². The van der Waals surface area contributed by atoms with Gasteiger partial charge in [-0.25, -0.2) is 8.42 Å². The maximum atomic E-state index is 12.9. The number of hydrogen-bond acceptors (Lipinski definition) is 5. The molecule has 1 aromatic heterocycles. The second-order valence-corrected chi connectivity index (χ2v) is 9.02. The van der Waals surface area contributed by atoms with Crippen LogP contribution in [0.2, 0.25) is 10.0 Å². The Morgan fingerprint density at radius 1 is 0.968 bits per heavy atom. The first-order valence-corrected chi connectivity index (χ1v) is 11.3. The Kier molecular flexibility index (Phi) is 5.82. The van der Waals surface area contributed by atoms with E-state index in [1.54, 1.807) is 36.4 Å². The Morgan fingerprint density at radius 2 is 1.71 bits per heavy atom. The molecule has 9 heteroatoms. The molecule has 3 aromatic carbocycles. The maximum Gasteiger partial charge on any atom is 0.264 e. The van der Waals surface area contributed by atoms with E-state index in [9.17, 15) is 13.5 Å². The van der Waals surface area contributed by atoms with Crippen molar-refractivity contribution in [3.8, 4) is 0 Å². The smallest absolute Gasteiger partial charge is 0.264 e. The summed E-state index contributed by atoms with van der Waals surface area (Å²) in [6.45, 7) is 0. The van der Waals surface area contributed by atoms with Crippen LogP contribution in [0.25, 0.3) is 10.9 Å². The van der Waals surface area contributed by atoms with Crippen LogP contribution in [0.15, 0.2) is 88.9 Å². The number of hydrogen-bond donors (Lipinski definition) is 1. The fourth-order valence-electron chi connectivity index (χ4n) is 2.93. The van der Waals surface area contributed by atoms with Crippen molar-refractivity contribution in [3.05, 3.63) is 94.6 Å². The van der Waals surface area contributed by atoms with Gasteiger partial charge in [-0.05, 0) is 53.9 Å². The SMILES string of the molecule is O=S(=O)(Nc1ccc(C([O-])=Nc2cc(Cl)ccc2Cl)cc1)c1cccc2cccnc12. The number of sulfonamides is 1. The quantitative estimate of drug-likeness (QED) is 0.335. The topological polar surface area (TPSA) is 94.5 Å². The van der Waals surface area contributed by atoms with E-state index in [1.165, 1.54) is 42.6 Å². The third-order valence-electron chi connectivity index (χ3n) is 4.40. The Labute approximate surface area is 188 Å². The molecule has 0 amide bonds. The van der Waals surface area contributed by atoms with Gasteiger partial charge in [-0.2, -0.15) is 0 Å². The van der Waals surface area contributed by atoms with E-state index in [4.69, 9.17) is 23.2 Å². The molecular formula is C22H14Cl2N3O3S-. The molecule has 0 unspecified atom stereocenters. The zero-order chi connectivity index (χ0) is 22.0. The summed E-state index contributed by atoms with van der Waals surface area (Å²) in [5.74, 6) is -0.531. The molecule has 6 nitrogen and oxygen atoms in total. The predicted octanol–water partition coefficient (Wildman–Crippen LogP) is 4.78. The van der Waals surface area contributed by atoms with Crippen LogP contribution in [-0.2, 0) is 10.0 Å².